The van der Waals surface area contributed by atoms with E-state index < -0.39 is 5.63 Å². The highest BCUT2D eigenvalue weighted by Crippen LogP contribution is 2.22. The summed E-state index contributed by atoms with van der Waals surface area (Å²) in [6, 6.07) is 6.12. The third kappa shape index (κ3) is 4.83. The molecule has 1 amide bonds. The lowest BCUT2D eigenvalue weighted by molar-refractivity contribution is -0.123. The molecule has 0 spiro atoms. The van der Waals surface area contributed by atoms with E-state index in [1.807, 2.05) is 32.6 Å². The Kier molecular flexibility index (Phi) is 5.29. The molecule has 1 heterocycles. The molecule has 0 saturated carbocycles. The van der Waals surface area contributed by atoms with Crippen molar-refractivity contribution in [2.75, 3.05) is 13.1 Å². The van der Waals surface area contributed by atoms with Crippen molar-refractivity contribution < 1.29 is 14.3 Å². The lowest BCUT2D eigenvalue weighted by Crippen LogP contribution is -2.45. The molecule has 0 aliphatic rings. The number of likely N-dealkylation sites (N-methyl/N-ethyl adjacent to an activating group) is 1. The molecule has 2 N–H and O–H groups in total. The van der Waals surface area contributed by atoms with Gasteiger partial charge >= 0.3 is 5.63 Å². The van der Waals surface area contributed by atoms with Crippen molar-refractivity contribution in [2.45, 2.75) is 39.8 Å². The highest BCUT2D eigenvalue weighted by molar-refractivity contribution is 5.82. The average Bonchev–Trinajstić information content (AvgIpc) is 2.43. The Hall–Kier alpha value is -2.34. The third-order valence-corrected chi connectivity index (χ3v) is 3.54. The van der Waals surface area contributed by atoms with E-state index >= 15 is 0 Å². The maximum atomic E-state index is 12.1. The number of carbonyl (C=O) groups excluding carboxylic acids is 1. The SMILES string of the molecule is CCN(CC(=O)NC(C)(C)C)Cc1cc(=O)oc2cc(O)ccc12. The van der Waals surface area contributed by atoms with Gasteiger partial charge in [0.1, 0.15) is 11.3 Å². The number of amides is 1. The van der Waals surface area contributed by atoms with Crippen molar-refractivity contribution >= 4 is 16.9 Å². The summed E-state index contributed by atoms with van der Waals surface area (Å²) in [5.74, 6) is -0.0195. The van der Waals surface area contributed by atoms with Crippen LogP contribution in [0.15, 0.2) is 33.5 Å². The molecule has 1 aromatic carbocycles. The Labute approximate surface area is 141 Å². The van der Waals surface area contributed by atoms with Crippen LogP contribution in [0.25, 0.3) is 11.0 Å². The third-order valence-electron chi connectivity index (χ3n) is 3.54. The molecule has 0 radical (unpaired) electrons. The maximum absolute atomic E-state index is 12.1. The van der Waals surface area contributed by atoms with Crippen LogP contribution in [0.5, 0.6) is 5.75 Å². The van der Waals surface area contributed by atoms with E-state index in [9.17, 15) is 14.7 Å². The van der Waals surface area contributed by atoms with Crippen LogP contribution >= 0.6 is 0 Å². The number of hydrogen-bond acceptors (Lipinski definition) is 5. The van der Waals surface area contributed by atoms with Gasteiger partial charge in [0.15, 0.2) is 0 Å². The minimum atomic E-state index is -0.474. The zero-order chi connectivity index (χ0) is 17.9. The second-order valence-electron chi connectivity index (χ2n) is 6.87. The molecule has 1 aromatic heterocycles. The van der Waals surface area contributed by atoms with E-state index in [0.717, 1.165) is 10.9 Å². The van der Waals surface area contributed by atoms with E-state index in [-0.39, 0.29) is 23.7 Å². The van der Waals surface area contributed by atoms with Gasteiger partial charge in [-0.15, -0.1) is 0 Å². The highest BCUT2D eigenvalue weighted by Gasteiger charge is 2.17. The minimum absolute atomic E-state index is 0.0414. The van der Waals surface area contributed by atoms with E-state index in [1.165, 1.54) is 12.1 Å². The van der Waals surface area contributed by atoms with Crippen molar-refractivity contribution in [3.8, 4) is 5.75 Å². The quantitative estimate of drug-likeness (QED) is 0.821. The number of rotatable bonds is 5. The molecule has 0 unspecified atom stereocenters. The van der Waals surface area contributed by atoms with E-state index in [0.29, 0.717) is 18.7 Å². The molecule has 0 aliphatic heterocycles. The first-order valence-corrected chi connectivity index (χ1v) is 7.97. The number of phenols is 1. The first-order chi connectivity index (χ1) is 11.2. The summed E-state index contributed by atoms with van der Waals surface area (Å²) in [7, 11) is 0. The van der Waals surface area contributed by atoms with Crippen molar-refractivity contribution in [2.24, 2.45) is 0 Å². The highest BCUT2D eigenvalue weighted by atomic mass is 16.4. The van der Waals surface area contributed by atoms with Gasteiger partial charge in [-0.05, 0) is 45.0 Å². The predicted octanol–water partition coefficient (Wildman–Crippen LogP) is 2.24. The molecule has 0 aliphatic carbocycles. The van der Waals surface area contributed by atoms with E-state index in [2.05, 4.69) is 5.32 Å². The molecule has 6 heteroatoms. The van der Waals surface area contributed by atoms with Gasteiger partial charge in [0.05, 0.1) is 6.54 Å². The molecule has 130 valence electrons. The molecule has 24 heavy (non-hydrogen) atoms. The molecule has 0 fully saturated rings. The standard InChI is InChI=1S/C18H24N2O4/c1-5-20(11-16(22)19-18(2,3)4)10-12-8-17(23)24-15-9-13(21)6-7-14(12)15/h6-9,21H,5,10-11H2,1-4H3,(H,19,22). The summed E-state index contributed by atoms with van der Waals surface area (Å²) < 4.78 is 5.13. The number of carbonyl (C=O) groups is 1. The fourth-order valence-electron chi connectivity index (χ4n) is 2.53. The molecule has 6 nitrogen and oxygen atoms in total. The average molecular weight is 332 g/mol. The lowest BCUT2D eigenvalue weighted by atomic mass is 10.1. The van der Waals surface area contributed by atoms with Crippen LogP contribution in [0, 0.1) is 0 Å². The second-order valence-corrected chi connectivity index (χ2v) is 6.87. The van der Waals surface area contributed by atoms with Gasteiger partial charge in [0, 0.05) is 29.6 Å². The van der Waals surface area contributed by atoms with Crippen LogP contribution in [0.1, 0.15) is 33.3 Å². The molecule has 2 rings (SSSR count). The van der Waals surface area contributed by atoms with Gasteiger partial charge in [0.25, 0.3) is 0 Å². The smallest absolute Gasteiger partial charge is 0.336 e. The van der Waals surface area contributed by atoms with Crippen LogP contribution in [-0.2, 0) is 11.3 Å². The Bertz CT molecular complexity index is 790. The normalized spacial score (nSPS) is 11.9. The molecule has 0 saturated heterocycles. The summed E-state index contributed by atoms with van der Waals surface area (Å²) in [5.41, 5.74) is 0.354. The predicted molar refractivity (Wildman–Crippen MR) is 93.0 cm³/mol. The van der Waals surface area contributed by atoms with Crippen molar-refractivity contribution in [1.82, 2.24) is 10.2 Å². The summed E-state index contributed by atoms with van der Waals surface area (Å²) >= 11 is 0. The molecule has 0 atom stereocenters. The Morgan fingerprint density at radius 3 is 2.62 bits per heavy atom. The number of benzene rings is 1. The van der Waals surface area contributed by atoms with Crippen molar-refractivity contribution in [1.29, 1.82) is 0 Å². The Balaban J connectivity index is 2.23. The Morgan fingerprint density at radius 1 is 1.29 bits per heavy atom. The molecule has 0 bridgehead atoms. The zero-order valence-electron chi connectivity index (χ0n) is 14.5. The van der Waals surface area contributed by atoms with Gasteiger partial charge in [-0.3, -0.25) is 9.69 Å². The summed E-state index contributed by atoms with van der Waals surface area (Å²) in [6.07, 6.45) is 0. The zero-order valence-corrected chi connectivity index (χ0v) is 14.5. The van der Waals surface area contributed by atoms with Crippen LogP contribution in [0.4, 0.5) is 0 Å². The summed E-state index contributed by atoms with van der Waals surface area (Å²) in [4.78, 5) is 25.8. The lowest BCUT2D eigenvalue weighted by Gasteiger charge is -2.25. The topological polar surface area (TPSA) is 82.8 Å². The first-order valence-electron chi connectivity index (χ1n) is 7.97. The number of nitrogens with one attached hydrogen (secondary N) is 1. The van der Waals surface area contributed by atoms with Gasteiger partial charge in [-0.2, -0.15) is 0 Å². The largest absolute Gasteiger partial charge is 0.508 e. The molecular formula is C18H24N2O4. The van der Waals surface area contributed by atoms with Crippen LogP contribution < -0.4 is 10.9 Å². The maximum Gasteiger partial charge on any atom is 0.336 e. The fraction of sp³-hybridized carbons (Fsp3) is 0.444. The number of phenolic OH excluding ortho intramolecular Hbond substituents is 1. The number of fused-ring (bicyclic) bond motifs is 1. The fourth-order valence-corrected chi connectivity index (χ4v) is 2.53. The van der Waals surface area contributed by atoms with Crippen LogP contribution in [0.3, 0.4) is 0 Å². The Morgan fingerprint density at radius 2 is 2.00 bits per heavy atom. The first kappa shape index (κ1) is 18.0. The van der Waals surface area contributed by atoms with Crippen LogP contribution in [0.2, 0.25) is 0 Å². The minimum Gasteiger partial charge on any atom is -0.508 e. The van der Waals surface area contributed by atoms with Gasteiger partial charge in [-0.1, -0.05) is 6.92 Å². The molecule has 2 aromatic rings. The van der Waals surface area contributed by atoms with Gasteiger partial charge in [0.2, 0.25) is 5.91 Å². The van der Waals surface area contributed by atoms with Gasteiger partial charge < -0.3 is 14.8 Å². The summed E-state index contributed by atoms with van der Waals surface area (Å²) in [6.45, 7) is 9.12. The van der Waals surface area contributed by atoms with E-state index in [4.69, 9.17) is 4.42 Å². The number of hydrogen-bond donors (Lipinski definition) is 2. The van der Waals surface area contributed by atoms with Crippen molar-refractivity contribution in [3.05, 3.63) is 40.2 Å². The van der Waals surface area contributed by atoms with E-state index in [1.54, 1.807) is 12.1 Å². The number of aromatic hydroxyl groups is 1. The molecular weight excluding hydrogens is 308 g/mol. The number of nitrogens with zero attached hydrogens (tertiary/aromatic N) is 1. The second kappa shape index (κ2) is 7.05. The van der Waals surface area contributed by atoms with Crippen LogP contribution in [-0.4, -0.2) is 34.5 Å². The van der Waals surface area contributed by atoms with Gasteiger partial charge in [-0.25, -0.2) is 4.79 Å². The van der Waals surface area contributed by atoms with Crippen molar-refractivity contribution in [3.63, 3.8) is 0 Å². The monoisotopic (exact) mass is 332 g/mol. The summed E-state index contributed by atoms with van der Waals surface area (Å²) in [5, 5.41) is 13.2.